The van der Waals surface area contributed by atoms with Crippen molar-refractivity contribution >= 4 is 22.5 Å². The Labute approximate surface area is 189 Å². The van der Waals surface area contributed by atoms with Crippen molar-refractivity contribution in [2.45, 2.75) is 13.3 Å². The van der Waals surface area contributed by atoms with Crippen LogP contribution in [0.3, 0.4) is 0 Å². The Bertz CT molecular complexity index is 1400. The number of nitrogens with zero attached hydrogens (tertiary/aromatic N) is 2. The third-order valence-electron chi connectivity index (χ3n) is 5.22. The van der Waals surface area contributed by atoms with E-state index in [1.165, 1.54) is 35.9 Å². The van der Waals surface area contributed by atoms with Crippen LogP contribution < -0.4 is 20.3 Å². The molecule has 0 saturated heterocycles. The standard InChI is InChI=1S/C25H22FN3O4/c1-15-27-21-10-7-18(14-20(21)25(31)29(15)19-8-5-17(26)6-9-19)28-24(30)13-16-4-11-22(32-2)23(12-16)33-3/h4-12,14H,13H2,1-3H3,(H,28,30). The van der Waals surface area contributed by atoms with E-state index in [2.05, 4.69) is 10.3 Å². The first-order valence-corrected chi connectivity index (χ1v) is 10.2. The van der Waals surface area contributed by atoms with Crippen LogP contribution in [0.4, 0.5) is 10.1 Å². The normalized spacial score (nSPS) is 10.8. The first-order valence-electron chi connectivity index (χ1n) is 10.2. The molecule has 1 heterocycles. The number of benzene rings is 3. The van der Waals surface area contributed by atoms with Crippen LogP contribution in [0.5, 0.6) is 11.5 Å². The maximum atomic E-state index is 13.3. The molecule has 168 valence electrons. The molecule has 0 atom stereocenters. The summed E-state index contributed by atoms with van der Waals surface area (Å²) < 4.78 is 25.2. The highest BCUT2D eigenvalue weighted by molar-refractivity contribution is 5.94. The van der Waals surface area contributed by atoms with Crippen molar-refractivity contribution < 1.29 is 18.7 Å². The summed E-state index contributed by atoms with van der Waals surface area (Å²) in [5.41, 5.74) is 1.94. The summed E-state index contributed by atoms with van der Waals surface area (Å²) in [7, 11) is 3.08. The van der Waals surface area contributed by atoms with Crippen LogP contribution in [0, 0.1) is 12.7 Å². The van der Waals surface area contributed by atoms with Gasteiger partial charge in [-0.15, -0.1) is 0 Å². The van der Waals surface area contributed by atoms with Gasteiger partial charge in [0.25, 0.3) is 5.56 Å². The van der Waals surface area contributed by atoms with E-state index in [9.17, 15) is 14.0 Å². The second-order valence-electron chi connectivity index (χ2n) is 7.42. The highest BCUT2D eigenvalue weighted by Crippen LogP contribution is 2.28. The Morgan fingerprint density at radius 3 is 2.42 bits per heavy atom. The zero-order valence-corrected chi connectivity index (χ0v) is 18.4. The van der Waals surface area contributed by atoms with Gasteiger partial charge in [0.05, 0.1) is 37.2 Å². The molecule has 8 heteroatoms. The van der Waals surface area contributed by atoms with E-state index in [4.69, 9.17) is 9.47 Å². The molecule has 0 aliphatic carbocycles. The van der Waals surface area contributed by atoms with Crippen molar-refractivity contribution in [2.24, 2.45) is 0 Å². The van der Waals surface area contributed by atoms with Crippen molar-refractivity contribution in [3.63, 3.8) is 0 Å². The number of anilines is 1. The number of ether oxygens (including phenoxy) is 2. The van der Waals surface area contributed by atoms with Crippen LogP contribution in [0.15, 0.2) is 65.5 Å². The van der Waals surface area contributed by atoms with Crippen molar-refractivity contribution in [3.8, 4) is 17.2 Å². The lowest BCUT2D eigenvalue weighted by Gasteiger charge is -2.12. The molecule has 1 amide bonds. The molecular weight excluding hydrogens is 425 g/mol. The predicted molar refractivity (Wildman–Crippen MR) is 124 cm³/mol. The first kappa shape index (κ1) is 22.0. The molecule has 0 spiro atoms. The molecule has 1 aromatic heterocycles. The van der Waals surface area contributed by atoms with Gasteiger partial charge in [-0.05, 0) is 67.1 Å². The van der Waals surface area contributed by atoms with E-state index in [-0.39, 0.29) is 17.9 Å². The van der Waals surface area contributed by atoms with Crippen molar-refractivity contribution in [1.82, 2.24) is 9.55 Å². The molecule has 1 N–H and O–H groups in total. The zero-order chi connectivity index (χ0) is 23.5. The highest BCUT2D eigenvalue weighted by Gasteiger charge is 2.13. The monoisotopic (exact) mass is 447 g/mol. The van der Waals surface area contributed by atoms with Crippen molar-refractivity contribution in [1.29, 1.82) is 0 Å². The molecule has 0 fully saturated rings. The molecule has 4 rings (SSSR count). The average molecular weight is 447 g/mol. The minimum Gasteiger partial charge on any atom is -0.493 e. The molecule has 4 aromatic rings. The number of aromatic nitrogens is 2. The number of amides is 1. The van der Waals surface area contributed by atoms with Crippen molar-refractivity contribution in [3.05, 3.63) is 88.2 Å². The summed E-state index contributed by atoms with van der Waals surface area (Å²) in [6, 6.07) is 15.9. The van der Waals surface area contributed by atoms with Gasteiger partial charge in [-0.1, -0.05) is 6.07 Å². The van der Waals surface area contributed by atoms with E-state index in [1.807, 2.05) is 0 Å². The fourth-order valence-electron chi connectivity index (χ4n) is 3.65. The van der Waals surface area contributed by atoms with Gasteiger partial charge >= 0.3 is 0 Å². The van der Waals surface area contributed by atoms with E-state index in [0.717, 1.165) is 5.56 Å². The van der Waals surface area contributed by atoms with E-state index in [0.29, 0.717) is 39.6 Å². The van der Waals surface area contributed by atoms with Gasteiger partial charge in [-0.25, -0.2) is 9.37 Å². The molecule has 0 bridgehead atoms. The Balaban J connectivity index is 1.62. The maximum absolute atomic E-state index is 13.3. The fourth-order valence-corrected chi connectivity index (χ4v) is 3.65. The summed E-state index contributed by atoms with van der Waals surface area (Å²) >= 11 is 0. The van der Waals surface area contributed by atoms with E-state index >= 15 is 0 Å². The summed E-state index contributed by atoms with van der Waals surface area (Å²) in [6.45, 7) is 1.71. The van der Waals surface area contributed by atoms with Crippen LogP contribution >= 0.6 is 0 Å². The molecule has 0 radical (unpaired) electrons. The van der Waals surface area contributed by atoms with Gasteiger partial charge in [0, 0.05) is 5.69 Å². The molecule has 0 aliphatic rings. The van der Waals surface area contributed by atoms with Crippen LogP contribution in [0.1, 0.15) is 11.4 Å². The molecule has 0 saturated carbocycles. The lowest BCUT2D eigenvalue weighted by atomic mass is 10.1. The van der Waals surface area contributed by atoms with Crippen LogP contribution in [0.25, 0.3) is 16.6 Å². The largest absolute Gasteiger partial charge is 0.493 e. The minimum absolute atomic E-state index is 0.115. The lowest BCUT2D eigenvalue weighted by Crippen LogP contribution is -2.22. The van der Waals surface area contributed by atoms with E-state index < -0.39 is 5.82 Å². The average Bonchev–Trinajstić information content (AvgIpc) is 2.80. The second kappa shape index (κ2) is 9.12. The van der Waals surface area contributed by atoms with Crippen LogP contribution in [-0.2, 0) is 11.2 Å². The molecule has 0 unspecified atom stereocenters. The number of aryl methyl sites for hydroxylation is 1. The number of carbonyl (C=O) groups is 1. The second-order valence-corrected chi connectivity index (χ2v) is 7.42. The van der Waals surface area contributed by atoms with Crippen LogP contribution in [0.2, 0.25) is 0 Å². The number of halogens is 1. The van der Waals surface area contributed by atoms with Crippen molar-refractivity contribution in [2.75, 3.05) is 19.5 Å². The molecule has 7 nitrogen and oxygen atoms in total. The Hall–Kier alpha value is -4.20. The predicted octanol–water partition coefficient (Wildman–Crippen LogP) is 4.03. The first-order chi connectivity index (χ1) is 15.9. The molecule has 33 heavy (non-hydrogen) atoms. The summed E-state index contributed by atoms with van der Waals surface area (Å²) in [6.07, 6.45) is 0.115. The van der Waals surface area contributed by atoms with Gasteiger partial charge in [-0.2, -0.15) is 0 Å². The quantitative estimate of drug-likeness (QED) is 0.483. The summed E-state index contributed by atoms with van der Waals surface area (Å²) in [4.78, 5) is 30.3. The summed E-state index contributed by atoms with van der Waals surface area (Å²) in [5, 5.41) is 3.16. The number of nitrogens with one attached hydrogen (secondary N) is 1. The van der Waals surface area contributed by atoms with Gasteiger partial charge in [0.2, 0.25) is 5.91 Å². The third kappa shape index (κ3) is 4.55. The highest BCUT2D eigenvalue weighted by atomic mass is 19.1. The molecular formula is C25H22FN3O4. The topological polar surface area (TPSA) is 82.5 Å². The molecule has 0 aliphatic heterocycles. The Kier molecular flexibility index (Phi) is 6.08. The number of carbonyl (C=O) groups excluding carboxylic acids is 1. The van der Waals surface area contributed by atoms with Gasteiger partial charge in [-0.3, -0.25) is 14.2 Å². The van der Waals surface area contributed by atoms with Crippen LogP contribution in [-0.4, -0.2) is 29.7 Å². The third-order valence-corrected chi connectivity index (χ3v) is 5.22. The number of hydrogen-bond acceptors (Lipinski definition) is 5. The number of fused-ring (bicyclic) bond motifs is 1. The Morgan fingerprint density at radius 2 is 1.73 bits per heavy atom. The smallest absolute Gasteiger partial charge is 0.266 e. The fraction of sp³-hybridized carbons (Fsp3) is 0.160. The number of methoxy groups -OCH3 is 2. The minimum atomic E-state index is -0.391. The zero-order valence-electron chi connectivity index (χ0n) is 18.4. The van der Waals surface area contributed by atoms with Gasteiger partial charge < -0.3 is 14.8 Å². The SMILES string of the molecule is COc1ccc(CC(=O)Nc2ccc3nc(C)n(-c4ccc(F)cc4)c(=O)c3c2)cc1OC. The lowest BCUT2D eigenvalue weighted by molar-refractivity contribution is -0.115. The van der Waals surface area contributed by atoms with E-state index in [1.54, 1.807) is 50.4 Å². The number of rotatable bonds is 6. The maximum Gasteiger partial charge on any atom is 0.266 e. The number of hydrogen-bond donors (Lipinski definition) is 1. The Morgan fingerprint density at radius 1 is 1.00 bits per heavy atom. The van der Waals surface area contributed by atoms with Gasteiger partial charge in [0.15, 0.2) is 11.5 Å². The van der Waals surface area contributed by atoms with Gasteiger partial charge in [0.1, 0.15) is 11.6 Å². The summed E-state index contributed by atoms with van der Waals surface area (Å²) in [5.74, 6) is 0.954. The molecule has 3 aromatic carbocycles.